The molecule has 0 aliphatic heterocycles. The number of para-hydroxylation sites is 1. The molecule has 1 heterocycles. The first-order chi connectivity index (χ1) is 12.5. The molecule has 3 nitrogen and oxygen atoms in total. The molecule has 0 unspecified atom stereocenters. The summed E-state index contributed by atoms with van der Waals surface area (Å²) in [4.78, 5) is 1.86. The van der Waals surface area contributed by atoms with Crippen molar-refractivity contribution in [3.05, 3.63) is 88.0 Å². The average molecular weight is 409 g/mol. The van der Waals surface area contributed by atoms with E-state index >= 15 is 0 Å². The molecule has 0 amide bonds. The highest BCUT2D eigenvalue weighted by molar-refractivity contribution is 7.80. The fourth-order valence-corrected chi connectivity index (χ4v) is 2.97. The van der Waals surface area contributed by atoms with Gasteiger partial charge >= 0.3 is 0 Å². The molecule has 134 valence electrons. The van der Waals surface area contributed by atoms with E-state index in [2.05, 4.69) is 5.32 Å². The van der Waals surface area contributed by atoms with Crippen LogP contribution in [-0.2, 0) is 13.1 Å². The summed E-state index contributed by atoms with van der Waals surface area (Å²) in [6.07, 6.45) is 1.60. The van der Waals surface area contributed by atoms with Crippen LogP contribution >= 0.6 is 35.4 Å². The topological polar surface area (TPSA) is 28.4 Å². The Bertz CT molecular complexity index is 902. The third kappa shape index (κ3) is 4.75. The number of halogens is 3. The summed E-state index contributed by atoms with van der Waals surface area (Å²) >= 11 is 17.6. The lowest BCUT2D eigenvalue weighted by Gasteiger charge is -2.25. The van der Waals surface area contributed by atoms with Crippen LogP contribution in [0.4, 0.5) is 10.1 Å². The quantitative estimate of drug-likeness (QED) is 0.514. The monoisotopic (exact) mass is 408 g/mol. The zero-order chi connectivity index (χ0) is 18.5. The molecule has 0 atom stereocenters. The third-order valence-corrected chi connectivity index (χ3v) is 4.79. The van der Waals surface area contributed by atoms with Gasteiger partial charge < -0.3 is 14.6 Å². The van der Waals surface area contributed by atoms with E-state index in [4.69, 9.17) is 39.8 Å². The summed E-state index contributed by atoms with van der Waals surface area (Å²) in [5.74, 6) is 0.366. The molecule has 0 aliphatic rings. The summed E-state index contributed by atoms with van der Waals surface area (Å²) in [5, 5.41) is 4.28. The highest BCUT2D eigenvalue weighted by Gasteiger charge is 2.15. The number of nitrogens with zero attached hydrogens (tertiary/aromatic N) is 1. The van der Waals surface area contributed by atoms with Crippen molar-refractivity contribution in [2.75, 3.05) is 5.32 Å². The number of anilines is 1. The summed E-state index contributed by atoms with van der Waals surface area (Å²) < 4.78 is 19.3. The zero-order valence-corrected chi connectivity index (χ0v) is 15.9. The van der Waals surface area contributed by atoms with E-state index in [9.17, 15) is 4.39 Å². The van der Waals surface area contributed by atoms with Crippen molar-refractivity contribution in [2.24, 2.45) is 0 Å². The summed E-state index contributed by atoms with van der Waals surface area (Å²) in [5.41, 5.74) is 1.24. The van der Waals surface area contributed by atoms with Gasteiger partial charge in [-0.05, 0) is 54.2 Å². The Labute approximate surface area is 166 Å². The van der Waals surface area contributed by atoms with Crippen LogP contribution in [0.1, 0.15) is 11.3 Å². The molecular weight excluding hydrogens is 394 g/mol. The smallest absolute Gasteiger partial charge is 0.174 e. The molecular formula is C19H15Cl2FN2OS. The Hall–Kier alpha value is -2.08. The standard InChI is InChI=1S/C19H15Cl2FN2OS/c20-15-8-7-13(10-16(15)21)11-24(12-14-4-3-9-25-14)19(26)23-18-6-2-1-5-17(18)22/h1-10H,11-12H2,(H,23,26). The number of benzene rings is 2. The van der Waals surface area contributed by atoms with E-state index in [1.165, 1.54) is 6.07 Å². The number of rotatable bonds is 5. The highest BCUT2D eigenvalue weighted by atomic mass is 35.5. The van der Waals surface area contributed by atoms with Crippen LogP contribution in [0.2, 0.25) is 10.0 Å². The lowest BCUT2D eigenvalue weighted by molar-refractivity contribution is 0.360. The predicted molar refractivity (Wildman–Crippen MR) is 107 cm³/mol. The SMILES string of the molecule is Fc1ccccc1NC(=S)N(Cc1ccc(Cl)c(Cl)c1)Cc1ccco1. The predicted octanol–water partition coefficient (Wildman–Crippen LogP) is 6.12. The van der Waals surface area contributed by atoms with Gasteiger partial charge in [0, 0.05) is 6.54 Å². The van der Waals surface area contributed by atoms with Crippen molar-refractivity contribution < 1.29 is 8.81 Å². The molecule has 0 spiro atoms. The van der Waals surface area contributed by atoms with Crippen LogP contribution < -0.4 is 5.32 Å². The zero-order valence-electron chi connectivity index (χ0n) is 13.6. The van der Waals surface area contributed by atoms with Gasteiger partial charge in [0.2, 0.25) is 0 Å². The Balaban J connectivity index is 1.81. The molecule has 0 saturated heterocycles. The van der Waals surface area contributed by atoms with Crippen molar-refractivity contribution in [2.45, 2.75) is 13.1 Å². The molecule has 3 aromatic rings. The van der Waals surface area contributed by atoms with E-state index in [0.717, 1.165) is 11.3 Å². The second kappa shape index (κ2) is 8.54. The number of thiocarbonyl (C=S) groups is 1. The Morgan fingerprint density at radius 1 is 1.04 bits per heavy atom. The highest BCUT2D eigenvalue weighted by Crippen LogP contribution is 2.24. The van der Waals surface area contributed by atoms with Crippen molar-refractivity contribution in [1.29, 1.82) is 0 Å². The average Bonchev–Trinajstić information content (AvgIpc) is 3.12. The molecule has 0 aliphatic carbocycles. The van der Waals surface area contributed by atoms with Gasteiger partial charge in [-0.25, -0.2) is 4.39 Å². The van der Waals surface area contributed by atoms with Crippen molar-refractivity contribution in [3.63, 3.8) is 0 Å². The molecule has 1 N–H and O–H groups in total. The summed E-state index contributed by atoms with van der Waals surface area (Å²) in [6, 6.07) is 15.4. The van der Waals surface area contributed by atoms with Gasteiger partial charge in [0.1, 0.15) is 11.6 Å². The van der Waals surface area contributed by atoms with Gasteiger partial charge in [-0.15, -0.1) is 0 Å². The number of nitrogens with one attached hydrogen (secondary N) is 1. The van der Waals surface area contributed by atoms with Crippen molar-refractivity contribution in [1.82, 2.24) is 4.90 Å². The number of furan rings is 1. The third-order valence-electron chi connectivity index (χ3n) is 3.69. The summed E-state index contributed by atoms with van der Waals surface area (Å²) in [6.45, 7) is 0.880. The Morgan fingerprint density at radius 2 is 1.85 bits per heavy atom. The normalized spacial score (nSPS) is 10.6. The Morgan fingerprint density at radius 3 is 2.54 bits per heavy atom. The van der Waals surface area contributed by atoms with Crippen LogP contribution in [0.3, 0.4) is 0 Å². The minimum atomic E-state index is -0.373. The summed E-state index contributed by atoms with van der Waals surface area (Å²) in [7, 11) is 0. The van der Waals surface area contributed by atoms with Crippen LogP contribution in [0.5, 0.6) is 0 Å². The molecule has 26 heavy (non-hydrogen) atoms. The maximum atomic E-state index is 13.9. The lowest BCUT2D eigenvalue weighted by Crippen LogP contribution is -2.34. The second-order valence-corrected chi connectivity index (χ2v) is 6.79. The Kier molecular flexibility index (Phi) is 6.14. The molecule has 0 radical (unpaired) electrons. The van der Waals surface area contributed by atoms with Gasteiger partial charge in [-0.1, -0.05) is 41.4 Å². The first-order valence-corrected chi connectivity index (χ1v) is 8.96. The van der Waals surface area contributed by atoms with Crippen LogP contribution in [0.15, 0.2) is 65.3 Å². The van der Waals surface area contributed by atoms with Gasteiger partial charge in [0.15, 0.2) is 5.11 Å². The van der Waals surface area contributed by atoms with Gasteiger partial charge in [0.05, 0.1) is 28.5 Å². The van der Waals surface area contributed by atoms with Crippen LogP contribution in [0.25, 0.3) is 0 Å². The fourth-order valence-electron chi connectivity index (χ4n) is 2.41. The van der Waals surface area contributed by atoms with E-state index in [-0.39, 0.29) is 5.82 Å². The van der Waals surface area contributed by atoms with Crippen molar-refractivity contribution >= 4 is 46.2 Å². The molecule has 0 bridgehead atoms. The van der Waals surface area contributed by atoms with E-state index in [1.54, 1.807) is 42.7 Å². The molecule has 0 fully saturated rings. The van der Waals surface area contributed by atoms with Gasteiger partial charge in [-0.2, -0.15) is 0 Å². The van der Waals surface area contributed by atoms with Crippen molar-refractivity contribution in [3.8, 4) is 0 Å². The van der Waals surface area contributed by atoms with E-state index in [1.807, 2.05) is 17.0 Å². The number of hydrogen-bond acceptors (Lipinski definition) is 2. The second-order valence-electron chi connectivity index (χ2n) is 5.59. The molecule has 3 rings (SSSR count). The maximum absolute atomic E-state index is 13.9. The minimum Gasteiger partial charge on any atom is -0.467 e. The molecule has 7 heteroatoms. The maximum Gasteiger partial charge on any atom is 0.174 e. The number of hydrogen-bond donors (Lipinski definition) is 1. The largest absolute Gasteiger partial charge is 0.467 e. The van der Waals surface area contributed by atoms with E-state index in [0.29, 0.717) is 33.9 Å². The molecule has 2 aromatic carbocycles. The van der Waals surface area contributed by atoms with Gasteiger partial charge in [0.25, 0.3) is 0 Å². The lowest BCUT2D eigenvalue weighted by atomic mass is 10.2. The molecule has 1 aromatic heterocycles. The first kappa shape index (κ1) is 18.7. The minimum absolute atomic E-state index is 0.316. The van der Waals surface area contributed by atoms with Crippen LogP contribution in [0, 0.1) is 5.82 Å². The first-order valence-electron chi connectivity index (χ1n) is 7.79. The molecule has 0 saturated carbocycles. The van der Waals surface area contributed by atoms with Crippen LogP contribution in [-0.4, -0.2) is 10.0 Å². The van der Waals surface area contributed by atoms with E-state index < -0.39 is 0 Å². The van der Waals surface area contributed by atoms with Gasteiger partial charge in [-0.3, -0.25) is 0 Å². The fraction of sp³-hybridized carbons (Fsp3) is 0.105.